The zero-order valence-electron chi connectivity index (χ0n) is 7.08. The van der Waals surface area contributed by atoms with Gasteiger partial charge in [0.2, 0.25) is 0 Å². The minimum absolute atomic E-state index is 0.575. The average molecular weight is 433 g/mol. The summed E-state index contributed by atoms with van der Waals surface area (Å²) in [7, 11) is -1.01. The van der Waals surface area contributed by atoms with Crippen LogP contribution in [0.4, 0.5) is 0 Å². The minimum atomic E-state index is -1.01. The Labute approximate surface area is 92.0 Å². The number of alkyl halides is 1. The SMILES string of the molecule is CC(C)(CI)C[Se](C)(C)I. The second-order valence-electron chi connectivity index (χ2n) is 3.85. The zero-order valence-corrected chi connectivity index (χ0v) is 13.1. The van der Waals surface area contributed by atoms with E-state index in [1.165, 1.54) is 9.75 Å². The normalized spacial score (nSPS) is 15.4. The fourth-order valence-corrected chi connectivity index (χ4v) is 10.6. The maximum atomic E-state index is 2.68. The van der Waals surface area contributed by atoms with E-state index < -0.39 is 9.60 Å². The van der Waals surface area contributed by atoms with Gasteiger partial charge in [0.05, 0.1) is 0 Å². The molecule has 0 aliphatic heterocycles. The van der Waals surface area contributed by atoms with E-state index in [-0.39, 0.29) is 0 Å². The van der Waals surface area contributed by atoms with E-state index in [4.69, 9.17) is 0 Å². The van der Waals surface area contributed by atoms with Gasteiger partial charge in [0.25, 0.3) is 0 Å². The van der Waals surface area contributed by atoms with E-state index in [1.807, 2.05) is 0 Å². The Balaban J connectivity index is 3.89. The molecule has 0 amide bonds. The second-order valence-corrected chi connectivity index (χ2v) is 23.5. The van der Waals surface area contributed by atoms with Gasteiger partial charge in [-0.05, 0) is 0 Å². The van der Waals surface area contributed by atoms with E-state index in [2.05, 4.69) is 68.4 Å². The van der Waals surface area contributed by atoms with Crippen LogP contribution >= 0.6 is 42.9 Å². The summed E-state index contributed by atoms with van der Waals surface area (Å²) in [6.07, 6.45) is 0. The van der Waals surface area contributed by atoms with Crippen LogP contribution in [0, 0.1) is 5.41 Å². The van der Waals surface area contributed by atoms with Crippen molar-refractivity contribution in [3.8, 4) is 0 Å². The summed E-state index contributed by atoms with van der Waals surface area (Å²) in [6, 6.07) is 0. The second kappa shape index (κ2) is 4.28. The van der Waals surface area contributed by atoms with Crippen molar-refractivity contribution < 1.29 is 0 Å². The first kappa shape index (κ1) is 12.0. The molecule has 0 saturated carbocycles. The molecule has 0 unspecified atom stereocenters. The molecule has 0 aliphatic carbocycles. The third-order valence-corrected chi connectivity index (χ3v) is 7.86. The molecule has 0 atom stereocenters. The summed E-state index contributed by atoms with van der Waals surface area (Å²) in [5.41, 5.74) is 0.575. The van der Waals surface area contributed by atoms with Crippen LogP contribution in [0.2, 0.25) is 17.0 Å². The first-order valence-electron chi connectivity index (χ1n) is 3.23. The van der Waals surface area contributed by atoms with E-state index in [9.17, 15) is 0 Å². The number of hydrogen-bond donors (Lipinski definition) is 0. The predicted octanol–water partition coefficient (Wildman–Crippen LogP) is 4.09. The molecular formula is C7H16I2Se. The Morgan fingerprint density at radius 1 is 1.30 bits per heavy atom. The molecule has 0 saturated heterocycles. The van der Waals surface area contributed by atoms with Gasteiger partial charge in [-0.3, -0.25) is 0 Å². The molecule has 64 valence electrons. The predicted molar refractivity (Wildman–Crippen MR) is 69.0 cm³/mol. The number of hydrogen-bond acceptors (Lipinski definition) is 0. The Kier molecular flexibility index (Phi) is 5.13. The maximum absolute atomic E-state index is 2.68. The van der Waals surface area contributed by atoms with Gasteiger partial charge in [0.1, 0.15) is 0 Å². The topological polar surface area (TPSA) is 0 Å². The molecule has 0 fully saturated rings. The molecule has 3 heteroatoms. The Morgan fingerprint density at radius 3 is 1.80 bits per heavy atom. The van der Waals surface area contributed by atoms with Crippen LogP contribution in [0.15, 0.2) is 0 Å². The standard InChI is InChI=1S/C7H16I2Se/c1-7(2,5-8)6-10(3,4)9/h5-6H2,1-4H3. The average Bonchev–Trinajstić information content (AvgIpc) is 1.60. The Morgan fingerprint density at radius 2 is 1.70 bits per heavy atom. The van der Waals surface area contributed by atoms with Crippen molar-refractivity contribution in [3.05, 3.63) is 0 Å². The van der Waals surface area contributed by atoms with Gasteiger partial charge in [0.15, 0.2) is 0 Å². The monoisotopic (exact) mass is 434 g/mol. The van der Waals surface area contributed by atoms with Crippen molar-refractivity contribution in [1.82, 2.24) is 0 Å². The van der Waals surface area contributed by atoms with Crippen molar-refractivity contribution >= 4 is 52.5 Å². The third kappa shape index (κ3) is 6.67. The molecule has 0 aromatic carbocycles. The molecular weight excluding hydrogens is 417 g/mol. The van der Waals surface area contributed by atoms with E-state index in [0.29, 0.717) is 5.41 Å². The molecule has 0 radical (unpaired) electrons. The summed E-state index contributed by atoms with van der Waals surface area (Å²) in [6.45, 7) is 4.74. The number of halogens is 2. The molecule has 0 nitrogen and oxygen atoms in total. The van der Waals surface area contributed by atoms with Gasteiger partial charge >= 0.3 is 93.2 Å². The number of rotatable bonds is 3. The summed E-state index contributed by atoms with van der Waals surface area (Å²) < 4.78 is 1.29. The van der Waals surface area contributed by atoms with E-state index >= 15 is 0 Å². The van der Waals surface area contributed by atoms with Crippen LogP contribution in [0.5, 0.6) is 0 Å². The fourth-order valence-electron chi connectivity index (χ4n) is 0.968. The molecule has 0 spiro atoms. The molecule has 0 bridgehead atoms. The van der Waals surface area contributed by atoms with E-state index in [0.717, 1.165) is 0 Å². The van der Waals surface area contributed by atoms with Crippen LogP contribution in [0.25, 0.3) is 0 Å². The molecule has 0 N–H and O–H groups in total. The first-order valence-corrected chi connectivity index (χ1v) is 14.6. The molecule has 0 aromatic heterocycles. The third-order valence-electron chi connectivity index (χ3n) is 1.10. The van der Waals surface area contributed by atoms with E-state index in [1.54, 1.807) is 0 Å². The van der Waals surface area contributed by atoms with Gasteiger partial charge in [-0.25, -0.2) is 0 Å². The van der Waals surface area contributed by atoms with Gasteiger partial charge in [0, 0.05) is 0 Å². The van der Waals surface area contributed by atoms with Crippen molar-refractivity contribution in [2.24, 2.45) is 5.41 Å². The van der Waals surface area contributed by atoms with Crippen molar-refractivity contribution in [2.45, 2.75) is 30.8 Å². The summed E-state index contributed by atoms with van der Waals surface area (Å²) >= 11 is 5.17. The molecule has 0 aliphatic rings. The summed E-state index contributed by atoms with van der Waals surface area (Å²) in [4.78, 5) is 0. The quantitative estimate of drug-likeness (QED) is 0.358. The molecule has 0 aromatic rings. The Bertz CT molecular complexity index is 105. The van der Waals surface area contributed by atoms with Crippen LogP contribution < -0.4 is 0 Å². The summed E-state index contributed by atoms with van der Waals surface area (Å²) in [5, 5.41) is 1.45. The molecule has 10 heavy (non-hydrogen) atoms. The van der Waals surface area contributed by atoms with Gasteiger partial charge in [-0.15, -0.1) is 0 Å². The van der Waals surface area contributed by atoms with Crippen LogP contribution in [-0.4, -0.2) is 14.0 Å². The van der Waals surface area contributed by atoms with Crippen molar-refractivity contribution in [1.29, 1.82) is 0 Å². The van der Waals surface area contributed by atoms with Crippen LogP contribution in [-0.2, 0) is 0 Å². The molecule has 0 rings (SSSR count). The van der Waals surface area contributed by atoms with Gasteiger partial charge < -0.3 is 0 Å². The Hall–Kier alpha value is 1.98. The van der Waals surface area contributed by atoms with Crippen molar-refractivity contribution in [3.63, 3.8) is 0 Å². The van der Waals surface area contributed by atoms with Gasteiger partial charge in [-0.1, -0.05) is 0 Å². The molecule has 0 heterocycles. The van der Waals surface area contributed by atoms with Crippen LogP contribution in [0.1, 0.15) is 13.8 Å². The zero-order chi connectivity index (χ0) is 8.41. The van der Waals surface area contributed by atoms with Crippen molar-refractivity contribution in [2.75, 3.05) is 4.43 Å². The van der Waals surface area contributed by atoms with Crippen LogP contribution in [0.3, 0.4) is 0 Å². The van der Waals surface area contributed by atoms with Gasteiger partial charge in [-0.2, -0.15) is 0 Å². The first-order chi connectivity index (χ1) is 4.27. The summed E-state index contributed by atoms with van der Waals surface area (Å²) in [5.74, 6) is 4.90. The fraction of sp³-hybridized carbons (Fsp3) is 1.00.